The summed E-state index contributed by atoms with van der Waals surface area (Å²) in [6, 6.07) is 6.56. The zero-order valence-corrected chi connectivity index (χ0v) is 27.0. The summed E-state index contributed by atoms with van der Waals surface area (Å²) in [6.07, 6.45) is 0. The van der Waals surface area contributed by atoms with Gasteiger partial charge in [0.25, 0.3) is 0 Å². The zero-order chi connectivity index (χ0) is 26.6. The molecule has 1 heterocycles. The molecule has 1 aromatic heterocycles. The Morgan fingerprint density at radius 1 is 0.389 bits per heavy atom. The van der Waals surface area contributed by atoms with Crippen molar-refractivity contribution in [3.8, 4) is 34.2 Å². The van der Waals surface area contributed by atoms with Crippen LogP contribution < -0.4 is 0 Å². The van der Waals surface area contributed by atoms with Crippen LogP contribution in [0.1, 0.15) is 50.1 Å². The Labute approximate surface area is 239 Å². The van der Waals surface area contributed by atoms with Crippen molar-refractivity contribution in [2.45, 2.75) is 62.3 Å². The Hall–Kier alpha value is -1.89. The van der Waals surface area contributed by atoms with Crippen molar-refractivity contribution in [1.29, 1.82) is 0 Å². The predicted molar refractivity (Wildman–Crippen MR) is 162 cm³/mol. The van der Waals surface area contributed by atoms with Gasteiger partial charge in [-0.15, -0.1) is 0 Å². The number of benzene rings is 3. The molecule has 186 valence electrons. The molecule has 0 saturated carbocycles. The average Bonchev–Trinajstić information content (AvgIpc) is 2.80. The predicted octanol–water partition coefficient (Wildman–Crippen LogP) is 9.94. The quantitative estimate of drug-likeness (QED) is 0.218. The summed E-state index contributed by atoms with van der Waals surface area (Å²) in [5, 5.41) is 0. The molecule has 0 saturated heterocycles. The first-order chi connectivity index (χ1) is 16.8. The monoisotopic (exact) mass is 669 g/mol. The Morgan fingerprint density at radius 3 is 0.833 bits per heavy atom. The highest BCUT2D eigenvalue weighted by Crippen LogP contribution is 2.39. The van der Waals surface area contributed by atoms with E-state index in [-0.39, 0.29) is 0 Å². The average molecular weight is 672 g/mol. The van der Waals surface area contributed by atoms with Gasteiger partial charge in [0.1, 0.15) is 0 Å². The van der Waals surface area contributed by atoms with E-state index in [0.717, 1.165) is 63.5 Å². The third kappa shape index (κ3) is 4.61. The van der Waals surface area contributed by atoms with E-state index in [1.807, 2.05) is 0 Å². The van der Waals surface area contributed by atoms with Gasteiger partial charge in [0.2, 0.25) is 0 Å². The summed E-state index contributed by atoms with van der Waals surface area (Å²) in [4.78, 5) is 15.3. The summed E-state index contributed by atoms with van der Waals surface area (Å²) in [5.74, 6) is 2.07. The number of hydrogen-bond donors (Lipinski definition) is 0. The maximum atomic E-state index is 5.11. The van der Waals surface area contributed by atoms with E-state index in [4.69, 9.17) is 15.0 Å². The van der Waals surface area contributed by atoms with Crippen LogP contribution in [0, 0.1) is 62.3 Å². The lowest BCUT2D eigenvalue weighted by atomic mass is 9.96. The SMILES string of the molecule is Cc1cc(C)c(-c2nc(-c3c(C)cc(C)c(Br)c3C)nc(-c3c(C)cc(C)c(Br)c3C)n2)c(C)c1Br. The van der Waals surface area contributed by atoms with Crippen LogP contribution in [0.5, 0.6) is 0 Å². The number of nitrogens with zero attached hydrogens (tertiary/aromatic N) is 3. The molecule has 0 spiro atoms. The first kappa shape index (κ1) is 27.2. The van der Waals surface area contributed by atoms with E-state index < -0.39 is 0 Å². The number of rotatable bonds is 3. The normalized spacial score (nSPS) is 11.3. The van der Waals surface area contributed by atoms with Crippen LogP contribution in [0.3, 0.4) is 0 Å². The second kappa shape index (κ2) is 10.1. The number of aryl methyl sites for hydroxylation is 6. The van der Waals surface area contributed by atoms with Gasteiger partial charge in [-0.3, -0.25) is 0 Å². The lowest BCUT2D eigenvalue weighted by molar-refractivity contribution is 1.05. The summed E-state index contributed by atoms with van der Waals surface area (Å²) in [7, 11) is 0. The van der Waals surface area contributed by atoms with E-state index >= 15 is 0 Å². The zero-order valence-electron chi connectivity index (χ0n) is 22.2. The molecule has 4 rings (SSSR count). The molecule has 3 aromatic carbocycles. The fraction of sp³-hybridized carbons (Fsp3) is 0.300. The minimum atomic E-state index is 0.691. The maximum Gasteiger partial charge on any atom is 0.164 e. The molecule has 0 amide bonds. The molecule has 0 aliphatic carbocycles. The van der Waals surface area contributed by atoms with Gasteiger partial charge >= 0.3 is 0 Å². The molecule has 0 aliphatic rings. The van der Waals surface area contributed by atoms with Gasteiger partial charge in [-0.2, -0.15) is 0 Å². The molecular formula is C30H30Br3N3. The highest BCUT2D eigenvalue weighted by Gasteiger charge is 2.22. The number of aromatic nitrogens is 3. The highest BCUT2D eigenvalue weighted by atomic mass is 79.9. The summed E-state index contributed by atoms with van der Waals surface area (Å²) >= 11 is 11.4. The Morgan fingerprint density at radius 2 is 0.611 bits per heavy atom. The molecule has 3 nitrogen and oxygen atoms in total. The molecule has 4 aromatic rings. The molecule has 0 radical (unpaired) electrons. The van der Waals surface area contributed by atoms with Gasteiger partial charge in [0, 0.05) is 30.1 Å². The van der Waals surface area contributed by atoms with Gasteiger partial charge in [0.15, 0.2) is 17.5 Å². The molecule has 36 heavy (non-hydrogen) atoms. The molecule has 6 heteroatoms. The minimum absolute atomic E-state index is 0.691. The Balaban J connectivity index is 2.15. The first-order valence-electron chi connectivity index (χ1n) is 11.9. The lowest BCUT2D eigenvalue weighted by Crippen LogP contribution is -2.06. The van der Waals surface area contributed by atoms with E-state index in [1.54, 1.807) is 0 Å². The van der Waals surface area contributed by atoms with Gasteiger partial charge in [-0.05, 0) is 112 Å². The minimum Gasteiger partial charge on any atom is -0.208 e. The highest BCUT2D eigenvalue weighted by molar-refractivity contribution is 9.11. The maximum absolute atomic E-state index is 5.11. The van der Waals surface area contributed by atoms with Crippen molar-refractivity contribution in [2.24, 2.45) is 0 Å². The van der Waals surface area contributed by atoms with E-state index in [1.165, 1.54) is 16.7 Å². The van der Waals surface area contributed by atoms with Crippen molar-refractivity contribution in [1.82, 2.24) is 15.0 Å². The summed E-state index contributed by atoms with van der Waals surface area (Å²) < 4.78 is 3.26. The Kier molecular flexibility index (Phi) is 7.63. The van der Waals surface area contributed by atoms with Gasteiger partial charge in [-0.25, -0.2) is 15.0 Å². The van der Waals surface area contributed by atoms with Gasteiger partial charge in [0.05, 0.1) is 0 Å². The summed E-state index contributed by atoms with van der Waals surface area (Å²) in [6.45, 7) is 19.1. The molecule has 0 unspecified atom stereocenters. The molecule has 0 atom stereocenters. The standard InChI is InChI=1S/C30H30Br3N3/c1-13-10-16(4)25(31)19(7)22(13)28-34-29(23-14(2)11-17(5)26(32)20(23)8)36-30(35-28)24-15(3)12-18(6)27(33)21(24)9/h10-12H,1-9H3. The second-order valence-corrected chi connectivity index (χ2v) is 12.2. The summed E-state index contributed by atoms with van der Waals surface area (Å²) in [5.41, 5.74) is 13.6. The topological polar surface area (TPSA) is 38.7 Å². The number of halogens is 3. The van der Waals surface area contributed by atoms with Crippen molar-refractivity contribution in [3.63, 3.8) is 0 Å². The van der Waals surface area contributed by atoms with Gasteiger partial charge < -0.3 is 0 Å². The van der Waals surface area contributed by atoms with Crippen LogP contribution in [0.25, 0.3) is 34.2 Å². The van der Waals surface area contributed by atoms with Crippen LogP contribution >= 0.6 is 47.8 Å². The fourth-order valence-corrected chi connectivity index (χ4v) is 6.17. The fourth-order valence-electron chi connectivity index (χ4n) is 5.23. The lowest BCUT2D eigenvalue weighted by Gasteiger charge is -2.19. The molecule has 0 fully saturated rings. The largest absolute Gasteiger partial charge is 0.208 e. The van der Waals surface area contributed by atoms with Crippen molar-refractivity contribution in [2.75, 3.05) is 0 Å². The van der Waals surface area contributed by atoms with Crippen LogP contribution in [0.4, 0.5) is 0 Å². The molecular weight excluding hydrogens is 642 g/mol. The molecule has 0 N–H and O–H groups in total. The van der Waals surface area contributed by atoms with Crippen LogP contribution in [-0.2, 0) is 0 Å². The Bertz CT molecular complexity index is 1360. The third-order valence-electron chi connectivity index (χ3n) is 6.94. The van der Waals surface area contributed by atoms with Crippen LogP contribution in [0.15, 0.2) is 31.6 Å². The van der Waals surface area contributed by atoms with Crippen LogP contribution in [-0.4, -0.2) is 15.0 Å². The molecule has 0 bridgehead atoms. The van der Waals surface area contributed by atoms with E-state index in [2.05, 4.69) is 128 Å². The van der Waals surface area contributed by atoms with Crippen molar-refractivity contribution < 1.29 is 0 Å². The number of hydrogen-bond acceptors (Lipinski definition) is 3. The smallest absolute Gasteiger partial charge is 0.164 e. The van der Waals surface area contributed by atoms with E-state index in [0.29, 0.717) is 17.5 Å². The van der Waals surface area contributed by atoms with Crippen molar-refractivity contribution in [3.05, 3.63) is 81.7 Å². The van der Waals surface area contributed by atoms with Crippen LogP contribution in [0.2, 0.25) is 0 Å². The third-order valence-corrected chi connectivity index (χ3v) is 10.6. The van der Waals surface area contributed by atoms with Gasteiger partial charge in [-0.1, -0.05) is 66.0 Å². The van der Waals surface area contributed by atoms with E-state index in [9.17, 15) is 0 Å². The second-order valence-electron chi connectivity index (χ2n) is 9.78. The molecule has 0 aliphatic heterocycles. The van der Waals surface area contributed by atoms with Crippen molar-refractivity contribution >= 4 is 47.8 Å². The first-order valence-corrected chi connectivity index (χ1v) is 14.3.